The van der Waals surface area contributed by atoms with Crippen LogP contribution < -0.4 is 4.74 Å². The summed E-state index contributed by atoms with van der Waals surface area (Å²) >= 11 is 2.23. The molecule has 0 radical (unpaired) electrons. The lowest BCUT2D eigenvalue weighted by atomic mass is 10.4. The third-order valence-corrected chi connectivity index (χ3v) is 2.34. The molecule has 0 unspecified atom stereocenters. The Kier molecular flexibility index (Phi) is 5.17. The minimum Gasteiger partial charge on any atom is -0.478 e. The topological polar surface area (TPSA) is 25.4 Å². The molecule has 0 atom stereocenters. The molecule has 1 aromatic heterocycles. The number of aromatic nitrogens is 1. The molecule has 1 aromatic rings. The third-order valence-electron chi connectivity index (χ3n) is 1.70. The minimum atomic E-state index is 0.712. The third kappa shape index (κ3) is 4.76. The van der Waals surface area contributed by atoms with Gasteiger partial charge in [-0.2, -0.15) is 0 Å². The van der Waals surface area contributed by atoms with Crippen molar-refractivity contribution in [1.82, 2.24) is 9.88 Å². The molecule has 0 N–H and O–H groups in total. The Bertz CT molecular complexity index is 261. The van der Waals surface area contributed by atoms with E-state index in [0.29, 0.717) is 5.88 Å². The fraction of sp³-hybridized carbons (Fsp3) is 0.500. The van der Waals surface area contributed by atoms with Gasteiger partial charge in [-0.1, -0.05) is 0 Å². The van der Waals surface area contributed by atoms with Crippen molar-refractivity contribution < 1.29 is 4.74 Å². The molecule has 0 saturated carbocycles. The van der Waals surface area contributed by atoms with E-state index in [1.54, 1.807) is 0 Å². The van der Waals surface area contributed by atoms with E-state index < -0.39 is 0 Å². The smallest absolute Gasteiger partial charge is 0.213 e. The summed E-state index contributed by atoms with van der Waals surface area (Å²) < 4.78 is 6.60. The zero-order valence-electron chi connectivity index (χ0n) is 8.53. The van der Waals surface area contributed by atoms with Gasteiger partial charge >= 0.3 is 0 Å². The first kappa shape index (κ1) is 11.7. The molecule has 14 heavy (non-hydrogen) atoms. The highest BCUT2D eigenvalue weighted by atomic mass is 127. The average Bonchev–Trinajstić information content (AvgIpc) is 2.15. The normalized spacial score (nSPS) is 10.6. The van der Waals surface area contributed by atoms with Crippen LogP contribution in [0.4, 0.5) is 0 Å². The van der Waals surface area contributed by atoms with Gasteiger partial charge < -0.3 is 9.64 Å². The van der Waals surface area contributed by atoms with Crippen LogP contribution in [0.25, 0.3) is 0 Å². The van der Waals surface area contributed by atoms with Crippen molar-refractivity contribution in [3.63, 3.8) is 0 Å². The lowest BCUT2D eigenvalue weighted by Gasteiger charge is -2.09. The zero-order chi connectivity index (χ0) is 10.4. The van der Waals surface area contributed by atoms with E-state index >= 15 is 0 Å². The van der Waals surface area contributed by atoms with Crippen molar-refractivity contribution in [2.45, 2.75) is 6.42 Å². The quantitative estimate of drug-likeness (QED) is 0.615. The van der Waals surface area contributed by atoms with Gasteiger partial charge in [-0.3, -0.25) is 0 Å². The van der Waals surface area contributed by atoms with Gasteiger partial charge in [0.25, 0.3) is 0 Å². The number of halogens is 1. The number of nitrogens with zero attached hydrogens (tertiary/aromatic N) is 2. The predicted molar refractivity (Wildman–Crippen MR) is 65.6 cm³/mol. The molecule has 1 heterocycles. The summed E-state index contributed by atoms with van der Waals surface area (Å²) in [7, 11) is 4.12. The summed E-state index contributed by atoms with van der Waals surface area (Å²) in [4.78, 5) is 6.30. The molecule has 1 rings (SSSR count). The number of rotatable bonds is 5. The van der Waals surface area contributed by atoms with Gasteiger partial charge in [0, 0.05) is 22.4 Å². The van der Waals surface area contributed by atoms with Crippen molar-refractivity contribution >= 4 is 22.6 Å². The van der Waals surface area contributed by atoms with Crippen molar-refractivity contribution in [2.75, 3.05) is 27.2 Å². The summed E-state index contributed by atoms with van der Waals surface area (Å²) in [5.74, 6) is 0.712. The van der Waals surface area contributed by atoms with Crippen molar-refractivity contribution in [3.05, 3.63) is 21.9 Å². The molecule has 4 heteroatoms. The summed E-state index contributed by atoms with van der Waals surface area (Å²) in [5.41, 5.74) is 0. The highest BCUT2D eigenvalue weighted by molar-refractivity contribution is 14.1. The van der Waals surface area contributed by atoms with E-state index in [9.17, 15) is 0 Å². The number of pyridine rings is 1. The predicted octanol–water partition coefficient (Wildman–Crippen LogP) is 2.02. The van der Waals surface area contributed by atoms with Gasteiger partial charge in [-0.15, -0.1) is 0 Å². The van der Waals surface area contributed by atoms with Gasteiger partial charge in [0.05, 0.1) is 6.61 Å². The molecule has 0 saturated heterocycles. The van der Waals surface area contributed by atoms with Crippen LogP contribution in [0.2, 0.25) is 0 Å². The average molecular weight is 306 g/mol. The summed E-state index contributed by atoms with van der Waals surface area (Å²) in [5, 5.41) is 0. The molecule has 3 nitrogen and oxygen atoms in total. The lowest BCUT2D eigenvalue weighted by molar-refractivity contribution is 0.273. The van der Waals surface area contributed by atoms with Gasteiger partial charge in [0.1, 0.15) is 0 Å². The minimum absolute atomic E-state index is 0.712. The van der Waals surface area contributed by atoms with Gasteiger partial charge in [-0.05, 0) is 49.2 Å². The molecule has 0 bridgehead atoms. The highest BCUT2D eigenvalue weighted by Gasteiger charge is 1.95. The Labute approximate surface area is 98.6 Å². The summed E-state index contributed by atoms with van der Waals surface area (Å²) in [6.07, 6.45) is 2.84. The van der Waals surface area contributed by atoms with Crippen LogP contribution in [-0.2, 0) is 0 Å². The number of hydrogen-bond acceptors (Lipinski definition) is 3. The molecule has 0 fully saturated rings. The van der Waals surface area contributed by atoms with Crippen LogP contribution in [0.1, 0.15) is 6.42 Å². The second-order valence-corrected chi connectivity index (χ2v) is 4.57. The molecular weight excluding hydrogens is 291 g/mol. The van der Waals surface area contributed by atoms with Crippen molar-refractivity contribution in [2.24, 2.45) is 0 Å². The number of ether oxygens (including phenoxy) is 1. The maximum Gasteiger partial charge on any atom is 0.213 e. The molecule has 0 aliphatic carbocycles. The lowest BCUT2D eigenvalue weighted by Crippen LogP contribution is -2.15. The fourth-order valence-electron chi connectivity index (χ4n) is 1.01. The first-order valence-electron chi connectivity index (χ1n) is 4.57. The fourth-order valence-corrected chi connectivity index (χ4v) is 1.32. The van der Waals surface area contributed by atoms with Crippen LogP contribution in [0.3, 0.4) is 0 Å². The first-order chi connectivity index (χ1) is 6.68. The van der Waals surface area contributed by atoms with Crippen LogP contribution in [0, 0.1) is 3.57 Å². The standard InChI is InChI=1S/C10H15IN2O/c1-13(2)6-3-7-14-10-5-4-9(11)8-12-10/h4-5,8H,3,6-7H2,1-2H3. The SMILES string of the molecule is CN(C)CCCOc1ccc(I)cn1. The summed E-state index contributed by atoms with van der Waals surface area (Å²) in [6.45, 7) is 1.77. The Hall–Kier alpha value is -0.360. The van der Waals surface area contributed by atoms with Gasteiger partial charge in [0.15, 0.2) is 0 Å². The van der Waals surface area contributed by atoms with Crippen LogP contribution in [0.5, 0.6) is 5.88 Å². The van der Waals surface area contributed by atoms with Gasteiger partial charge in [0.2, 0.25) is 5.88 Å². The molecule has 0 aliphatic rings. The largest absolute Gasteiger partial charge is 0.478 e. The van der Waals surface area contributed by atoms with Gasteiger partial charge in [-0.25, -0.2) is 4.98 Å². The van der Waals surface area contributed by atoms with E-state index in [-0.39, 0.29) is 0 Å². The Morgan fingerprint density at radius 3 is 2.79 bits per heavy atom. The van der Waals surface area contributed by atoms with E-state index in [1.807, 2.05) is 18.3 Å². The number of hydrogen-bond donors (Lipinski definition) is 0. The molecule has 0 aromatic carbocycles. The van der Waals surface area contributed by atoms with E-state index in [4.69, 9.17) is 4.74 Å². The Morgan fingerprint density at radius 2 is 2.21 bits per heavy atom. The van der Waals surface area contributed by atoms with E-state index in [1.165, 1.54) is 0 Å². The van der Waals surface area contributed by atoms with E-state index in [0.717, 1.165) is 23.1 Å². The first-order valence-corrected chi connectivity index (χ1v) is 5.65. The Morgan fingerprint density at radius 1 is 1.43 bits per heavy atom. The second-order valence-electron chi connectivity index (χ2n) is 3.32. The molecule has 78 valence electrons. The molecule has 0 spiro atoms. The second kappa shape index (κ2) is 6.19. The van der Waals surface area contributed by atoms with Crippen LogP contribution >= 0.6 is 22.6 Å². The summed E-state index contributed by atoms with van der Waals surface area (Å²) in [6, 6.07) is 3.90. The Balaban J connectivity index is 2.21. The maximum absolute atomic E-state index is 5.47. The van der Waals surface area contributed by atoms with Crippen molar-refractivity contribution in [1.29, 1.82) is 0 Å². The maximum atomic E-state index is 5.47. The van der Waals surface area contributed by atoms with E-state index in [2.05, 4.69) is 46.6 Å². The zero-order valence-corrected chi connectivity index (χ0v) is 10.7. The molecular formula is C10H15IN2O. The highest BCUT2D eigenvalue weighted by Crippen LogP contribution is 2.09. The monoisotopic (exact) mass is 306 g/mol. The van der Waals surface area contributed by atoms with Crippen LogP contribution in [0.15, 0.2) is 18.3 Å². The van der Waals surface area contributed by atoms with Crippen molar-refractivity contribution in [3.8, 4) is 5.88 Å². The molecule has 0 amide bonds. The molecule has 0 aliphatic heterocycles. The van der Waals surface area contributed by atoms with Crippen LogP contribution in [-0.4, -0.2) is 37.1 Å².